The van der Waals surface area contributed by atoms with E-state index in [9.17, 15) is 66.4 Å². The lowest BCUT2D eigenvalue weighted by atomic mass is 9.97. The van der Waals surface area contributed by atoms with Gasteiger partial charge in [-0.05, 0) is 12.1 Å². The van der Waals surface area contributed by atoms with E-state index in [2.05, 4.69) is 4.74 Å². The van der Waals surface area contributed by atoms with Gasteiger partial charge in [-0.15, -0.1) is 0 Å². The Morgan fingerprint density at radius 1 is 0.596 bits per heavy atom. The van der Waals surface area contributed by atoms with Gasteiger partial charge in [-0.2, -0.15) is 0 Å². The molecule has 22 heteroatoms. The topological polar surface area (TPSA) is 350 Å². The summed E-state index contributed by atoms with van der Waals surface area (Å²) in [6.07, 6.45) is -25.7. The Balaban J connectivity index is 1.18. The summed E-state index contributed by atoms with van der Waals surface area (Å²) < 4.78 is 49.0. The smallest absolute Gasteiger partial charge is 0.270 e. The van der Waals surface area contributed by atoms with Crippen LogP contribution in [-0.4, -0.2) is 197 Å². The van der Waals surface area contributed by atoms with Gasteiger partial charge in [0.2, 0.25) is 12.0 Å². The maximum absolute atomic E-state index is 11.0. The first-order valence-electron chi connectivity index (χ1n) is 17.6. The van der Waals surface area contributed by atoms with Crippen molar-refractivity contribution >= 4 is 6.08 Å². The molecule has 0 aliphatic carbocycles. The van der Waals surface area contributed by atoms with Crippen molar-refractivity contribution in [3.05, 3.63) is 41.2 Å². The third kappa shape index (κ3) is 8.52. The summed E-state index contributed by atoms with van der Waals surface area (Å²) in [5, 5.41) is 136. The van der Waals surface area contributed by atoms with Crippen molar-refractivity contribution in [1.82, 2.24) is 0 Å². The molecule has 0 spiro atoms. The highest BCUT2D eigenvalue weighted by Crippen LogP contribution is 2.48. The predicted octanol–water partition coefficient (Wildman–Crippen LogP) is -4.38. The summed E-state index contributed by atoms with van der Waals surface area (Å²) in [7, 11) is 2.60. The average Bonchev–Trinajstić information content (AvgIpc) is 3.19. The fraction of sp³-hybridized carbons (Fsp3) is 0.600. The molecule has 318 valence electrons. The molecule has 2 aromatic carbocycles. The average molecular weight is 820 g/mol. The molecule has 0 bridgehead atoms. The number of hydrogen-bond donors (Lipinski definition) is 13. The van der Waals surface area contributed by atoms with Crippen LogP contribution in [0.3, 0.4) is 0 Å². The van der Waals surface area contributed by atoms with Gasteiger partial charge in [-0.1, -0.05) is 0 Å². The first kappa shape index (κ1) is 42.8. The molecule has 4 heterocycles. The summed E-state index contributed by atoms with van der Waals surface area (Å²) in [6.45, 7) is -2.08. The van der Waals surface area contributed by atoms with Crippen LogP contribution in [0.25, 0.3) is 6.08 Å². The van der Waals surface area contributed by atoms with Crippen LogP contribution in [0.1, 0.15) is 17.2 Å². The van der Waals surface area contributed by atoms with Gasteiger partial charge in [-0.25, -0.2) is 0 Å². The van der Waals surface area contributed by atoms with E-state index in [-0.39, 0.29) is 40.1 Å². The lowest BCUT2D eigenvalue weighted by Crippen LogP contribution is -2.62. The molecule has 22 nitrogen and oxygen atoms in total. The standard InChI is InChI=1S/C35H46O22/c1-49-16-3-11(4-17(50-2)22(16)39)32-18(7-13-14(38)5-12(37)6-15(13)53-32)54-35-31(48)28(45)25(42)21(57-35)10-52-34-30(47)27(44)24(41)20(56-34)9-51-33-29(46)26(43)23(40)19(8-36)55-33/h3-7,19-21,23-48H,8-10H2,1-2H3/p+1/t19-,20-,21-,23-,24-,25-,26+,27+,28+,29+,30-,31-,32?,33-,34-,35-/m1/s1. The molecule has 14 N–H and O–H groups in total. The van der Waals surface area contributed by atoms with Gasteiger partial charge in [-0.3, -0.25) is 0 Å². The Morgan fingerprint density at radius 3 is 1.58 bits per heavy atom. The molecule has 0 saturated carbocycles. The summed E-state index contributed by atoms with van der Waals surface area (Å²) in [5.74, 6) is -1.03. The Bertz CT molecular complexity index is 1700. The van der Waals surface area contributed by atoms with Crippen molar-refractivity contribution in [2.24, 2.45) is 0 Å². The van der Waals surface area contributed by atoms with Crippen molar-refractivity contribution in [2.45, 2.75) is 98.2 Å². The molecule has 3 fully saturated rings. The van der Waals surface area contributed by atoms with E-state index < -0.39 is 124 Å². The molecular weight excluding hydrogens is 772 g/mol. The number of phenolic OH excluding ortho intramolecular Hbond substituents is 3. The minimum absolute atomic E-state index is 0.0133. The largest absolute Gasteiger partial charge is 0.571 e. The van der Waals surface area contributed by atoms with E-state index >= 15 is 0 Å². The minimum Gasteiger partial charge on any atom is -0.571 e. The summed E-state index contributed by atoms with van der Waals surface area (Å²) in [5.41, 5.74) is 0.387. The number of methoxy groups -OCH3 is 2. The number of ether oxygens (including phenoxy) is 9. The fourth-order valence-corrected chi connectivity index (χ4v) is 6.76. The van der Waals surface area contributed by atoms with E-state index in [0.29, 0.717) is 5.56 Å². The number of rotatable bonds is 12. The molecule has 2 aromatic rings. The van der Waals surface area contributed by atoms with Gasteiger partial charge < -0.3 is 109 Å². The Hall–Kier alpha value is -3.82. The van der Waals surface area contributed by atoms with Gasteiger partial charge in [0.1, 0.15) is 90.3 Å². The quantitative estimate of drug-likeness (QED) is 0.0900. The number of hydrogen-bond acceptors (Lipinski definition) is 21. The zero-order chi connectivity index (χ0) is 41.5. The molecule has 3 saturated heterocycles. The highest BCUT2D eigenvalue weighted by Gasteiger charge is 2.50. The summed E-state index contributed by atoms with van der Waals surface area (Å²) in [6, 6.07) is 5.15. The summed E-state index contributed by atoms with van der Waals surface area (Å²) >= 11 is 0. The number of aliphatic hydroxyl groups is 11. The molecule has 1 unspecified atom stereocenters. The number of aromatic hydroxyl groups is 4. The molecule has 0 amide bonds. The maximum Gasteiger partial charge on any atom is 0.270 e. The van der Waals surface area contributed by atoms with Gasteiger partial charge in [0.05, 0.1) is 45.7 Å². The van der Waals surface area contributed by atoms with Crippen molar-refractivity contribution in [3.8, 4) is 34.5 Å². The fourth-order valence-electron chi connectivity index (χ4n) is 6.76. The first-order valence-corrected chi connectivity index (χ1v) is 17.6. The molecular formula is C35H47O22+. The van der Waals surface area contributed by atoms with Crippen LogP contribution in [0, 0.1) is 0 Å². The third-order valence-corrected chi connectivity index (χ3v) is 10.1. The molecule has 57 heavy (non-hydrogen) atoms. The Morgan fingerprint density at radius 2 is 1.07 bits per heavy atom. The highest BCUT2D eigenvalue weighted by atomic mass is 16.7. The zero-order valence-corrected chi connectivity index (χ0v) is 30.3. The second-order valence-electron chi connectivity index (χ2n) is 13.8. The summed E-state index contributed by atoms with van der Waals surface area (Å²) in [4.78, 5) is 0. The zero-order valence-electron chi connectivity index (χ0n) is 30.3. The monoisotopic (exact) mass is 819 g/mol. The lowest BCUT2D eigenvalue weighted by molar-refractivity contribution is -0.341. The van der Waals surface area contributed by atoms with Crippen LogP contribution in [0.5, 0.6) is 34.5 Å². The van der Waals surface area contributed by atoms with E-state index in [1.54, 1.807) is 0 Å². The number of phenols is 3. The third-order valence-electron chi connectivity index (χ3n) is 10.1. The number of aliphatic hydroxyl groups excluding tert-OH is 10. The number of benzene rings is 2. The van der Waals surface area contributed by atoms with E-state index in [0.717, 1.165) is 6.07 Å². The van der Waals surface area contributed by atoms with Crippen LogP contribution in [-0.2, 0) is 28.4 Å². The molecule has 0 aromatic heterocycles. The van der Waals surface area contributed by atoms with Crippen molar-refractivity contribution in [3.63, 3.8) is 0 Å². The van der Waals surface area contributed by atoms with Crippen molar-refractivity contribution in [2.75, 3.05) is 34.0 Å². The van der Waals surface area contributed by atoms with E-state index in [1.165, 1.54) is 38.5 Å². The van der Waals surface area contributed by atoms with E-state index in [4.69, 9.17) is 37.9 Å². The first-order chi connectivity index (χ1) is 27.1. The van der Waals surface area contributed by atoms with E-state index in [1.807, 2.05) is 0 Å². The predicted molar refractivity (Wildman–Crippen MR) is 183 cm³/mol. The SMILES string of the molecule is COc1cc(C2[OH+]c3cc(O)cc(O)c3C=C2O[C@@H]2O[C@H](CO[C@@H]3O[C@H](CO[C@@H]4O[C@H](CO)[C@@H](O)[C@H](O)[C@@H]4O)[C@@H](O)[C@H](O)[C@H]3O)[C@@H](O)[C@H](O)[C@H]2O)cc(OC)c1O. The van der Waals surface area contributed by atoms with Crippen LogP contribution in [0.15, 0.2) is 30.0 Å². The molecule has 16 atom stereocenters. The second kappa shape index (κ2) is 17.6. The molecule has 4 aliphatic rings. The van der Waals surface area contributed by atoms with Crippen LogP contribution < -0.4 is 9.47 Å². The van der Waals surface area contributed by atoms with Gasteiger partial charge in [0.15, 0.2) is 29.8 Å². The molecule has 4 aliphatic heterocycles. The Labute approximate surface area is 323 Å². The number of fused-ring (bicyclic) bond motifs is 1. The molecule has 0 radical (unpaired) electrons. The Kier molecular flexibility index (Phi) is 13.2. The van der Waals surface area contributed by atoms with Crippen LogP contribution >= 0.6 is 0 Å². The second-order valence-corrected chi connectivity index (χ2v) is 13.8. The normalized spacial score (nSPS) is 38.1. The minimum atomic E-state index is -1.92. The van der Waals surface area contributed by atoms with Gasteiger partial charge >= 0.3 is 0 Å². The van der Waals surface area contributed by atoms with Gasteiger partial charge in [0, 0.05) is 12.1 Å². The van der Waals surface area contributed by atoms with Crippen LogP contribution in [0.4, 0.5) is 0 Å². The van der Waals surface area contributed by atoms with Crippen molar-refractivity contribution in [1.29, 1.82) is 0 Å². The maximum atomic E-state index is 11.0. The highest BCUT2D eigenvalue weighted by molar-refractivity contribution is 5.69. The van der Waals surface area contributed by atoms with Crippen molar-refractivity contribution < 1.29 is 109 Å². The lowest BCUT2D eigenvalue weighted by Gasteiger charge is -2.44. The van der Waals surface area contributed by atoms with Gasteiger partial charge in [0.25, 0.3) is 11.9 Å². The van der Waals surface area contributed by atoms with Crippen LogP contribution in [0.2, 0.25) is 0 Å². The molecule has 6 rings (SSSR count).